The van der Waals surface area contributed by atoms with Crippen LogP contribution in [-0.4, -0.2) is 54.5 Å². The number of carbonyl (C=O) groups is 2. The molecule has 2 aromatic rings. The lowest BCUT2D eigenvalue weighted by molar-refractivity contribution is -0.148. The molecule has 0 radical (unpaired) electrons. The summed E-state index contributed by atoms with van der Waals surface area (Å²) in [6, 6.07) is 12.6. The highest BCUT2D eigenvalue weighted by Gasteiger charge is 2.31. The van der Waals surface area contributed by atoms with Gasteiger partial charge >= 0.3 is 5.97 Å². The van der Waals surface area contributed by atoms with Crippen molar-refractivity contribution in [3.8, 4) is 0 Å². The molecule has 0 fully saturated rings. The zero-order valence-electron chi connectivity index (χ0n) is 17.7. The number of carbonyl (C=O) groups excluding carboxylic acids is 2. The number of nitrogens with one attached hydrogen (secondary N) is 1. The van der Waals surface area contributed by atoms with Crippen LogP contribution in [0.5, 0.6) is 0 Å². The molecule has 2 rings (SSSR count). The SMILES string of the molecule is CCOC(=O)[C@@H](NC(=O)c1ccc(C)c(N(CCCl)CCCl)c1)[C@H](O)c1ccccc1. The molecule has 0 saturated carbocycles. The maximum atomic E-state index is 13.0. The second-order valence-corrected chi connectivity index (χ2v) is 7.68. The molecule has 2 N–H and O–H groups in total. The molecular weight excluding hydrogens is 439 g/mol. The number of aliphatic hydroxyl groups excluding tert-OH is 1. The molecule has 0 saturated heterocycles. The van der Waals surface area contributed by atoms with Crippen molar-refractivity contribution < 1.29 is 19.4 Å². The molecule has 168 valence electrons. The number of benzene rings is 2. The predicted molar refractivity (Wildman–Crippen MR) is 124 cm³/mol. The molecule has 2 atom stereocenters. The summed E-state index contributed by atoms with van der Waals surface area (Å²) in [4.78, 5) is 27.5. The van der Waals surface area contributed by atoms with Gasteiger partial charge in [-0.25, -0.2) is 4.79 Å². The smallest absolute Gasteiger partial charge is 0.331 e. The van der Waals surface area contributed by atoms with Gasteiger partial charge in [0.2, 0.25) is 0 Å². The number of hydrogen-bond acceptors (Lipinski definition) is 5. The number of amides is 1. The Hall–Kier alpha value is -2.28. The van der Waals surface area contributed by atoms with Crippen molar-refractivity contribution in [1.29, 1.82) is 0 Å². The molecule has 0 spiro atoms. The maximum absolute atomic E-state index is 13.0. The van der Waals surface area contributed by atoms with E-state index in [0.29, 0.717) is 36.0 Å². The molecule has 0 heterocycles. The van der Waals surface area contributed by atoms with Gasteiger partial charge in [-0.2, -0.15) is 0 Å². The number of aliphatic hydroxyl groups is 1. The summed E-state index contributed by atoms with van der Waals surface area (Å²) in [5.74, 6) is -0.363. The number of anilines is 1. The summed E-state index contributed by atoms with van der Waals surface area (Å²) in [5, 5.41) is 13.4. The van der Waals surface area contributed by atoms with Crippen molar-refractivity contribution in [2.24, 2.45) is 0 Å². The molecule has 0 aliphatic rings. The summed E-state index contributed by atoms with van der Waals surface area (Å²) in [7, 11) is 0. The highest BCUT2D eigenvalue weighted by Crippen LogP contribution is 2.23. The highest BCUT2D eigenvalue weighted by atomic mass is 35.5. The molecular formula is C23H28Cl2N2O4. The van der Waals surface area contributed by atoms with E-state index >= 15 is 0 Å². The normalized spacial score (nSPS) is 12.7. The molecule has 8 heteroatoms. The van der Waals surface area contributed by atoms with Crippen molar-refractivity contribution in [1.82, 2.24) is 5.32 Å². The fourth-order valence-corrected chi connectivity index (χ4v) is 3.62. The van der Waals surface area contributed by atoms with Crippen LogP contribution in [0.1, 0.15) is 34.5 Å². The van der Waals surface area contributed by atoms with Gasteiger partial charge in [-0.15, -0.1) is 23.2 Å². The van der Waals surface area contributed by atoms with E-state index in [9.17, 15) is 14.7 Å². The number of hydrogen-bond donors (Lipinski definition) is 2. The first kappa shape index (κ1) is 25.0. The third-order valence-electron chi connectivity index (χ3n) is 4.80. The van der Waals surface area contributed by atoms with E-state index in [1.54, 1.807) is 49.4 Å². The van der Waals surface area contributed by atoms with Crippen molar-refractivity contribution in [3.05, 3.63) is 65.2 Å². The fraction of sp³-hybridized carbons (Fsp3) is 0.391. The number of halogens is 2. The molecule has 1 amide bonds. The van der Waals surface area contributed by atoms with Gasteiger partial charge in [-0.3, -0.25) is 4.79 Å². The van der Waals surface area contributed by atoms with E-state index in [-0.39, 0.29) is 6.61 Å². The van der Waals surface area contributed by atoms with Crippen molar-refractivity contribution >= 4 is 40.8 Å². The summed E-state index contributed by atoms with van der Waals surface area (Å²) in [5.41, 5.74) is 2.66. The number of esters is 1. The monoisotopic (exact) mass is 466 g/mol. The van der Waals surface area contributed by atoms with Crippen LogP contribution in [0.3, 0.4) is 0 Å². The molecule has 0 unspecified atom stereocenters. The summed E-state index contributed by atoms with van der Waals surface area (Å²) >= 11 is 11.8. The second kappa shape index (κ2) is 12.5. The highest BCUT2D eigenvalue weighted by molar-refractivity contribution is 6.18. The molecule has 2 aromatic carbocycles. The van der Waals surface area contributed by atoms with Crippen LogP contribution in [0.2, 0.25) is 0 Å². The van der Waals surface area contributed by atoms with Gasteiger partial charge in [-0.05, 0) is 37.1 Å². The average molecular weight is 467 g/mol. The van der Waals surface area contributed by atoms with E-state index in [0.717, 1.165) is 11.3 Å². The third-order valence-corrected chi connectivity index (χ3v) is 5.14. The summed E-state index contributed by atoms with van der Waals surface area (Å²) < 4.78 is 5.08. The first-order valence-electron chi connectivity index (χ1n) is 10.1. The van der Waals surface area contributed by atoms with E-state index in [1.165, 1.54) is 0 Å². The van der Waals surface area contributed by atoms with Crippen LogP contribution < -0.4 is 10.2 Å². The molecule has 0 bridgehead atoms. The van der Waals surface area contributed by atoms with E-state index < -0.39 is 24.0 Å². The average Bonchev–Trinajstić information content (AvgIpc) is 2.77. The molecule has 31 heavy (non-hydrogen) atoms. The minimum atomic E-state index is -1.25. The molecule has 0 aromatic heterocycles. The first-order valence-corrected chi connectivity index (χ1v) is 11.2. The van der Waals surface area contributed by atoms with Crippen LogP contribution in [-0.2, 0) is 9.53 Å². The minimum Gasteiger partial charge on any atom is -0.464 e. The van der Waals surface area contributed by atoms with Gasteiger partial charge in [0.05, 0.1) is 6.61 Å². The Morgan fingerprint density at radius 1 is 1.10 bits per heavy atom. The number of alkyl halides is 2. The fourth-order valence-electron chi connectivity index (χ4n) is 3.21. The van der Waals surface area contributed by atoms with Crippen molar-refractivity contribution in [2.45, 2.75) is 26.0 Å². The quantitative estimate of drug-likeness (QED) is 0.390. The molecule has 0 aliphatic carbocycles. The van der Waals surface area contributed by atoms with Crippen LogP contribution in [0.25, 0.3) is 0 Å². The number of rotatable bonds is 11. The van der Waals surface area contributed by atoms with Gasteiger partial charge in [0.25, 0.3) is 5.91 Å². The van der Waals surface area contributed by atoms with Gasteiger partial charge in [0, 0.05) is 36.1 Å². The van der Waals surface area contributed by atoms with Gasteiger partial charge in [-0.1, -0.05) is 36.4 Å². The Kier molecular flexibility index (Phi) is 10.1. The van der Waals surface area contributed by atoms with Gasteiger partial charge in [0.1, 0.15) is 6.10 Å². The van der Waals surface area contributed by atoms with Crippen molar-refractivity contribution in [3.63, 3.8) is 0 Å². The van der Waals surface area contributed by atoms with E-state index in [4.69, 9.17) is 27.9 Å². The first-order chi connectivity index (χ1) is 14.9. The van der Waals surface area contributed by atoms with E-state index in [1.807, 2.05) is 17.9 Å². The van der Waals surface area contributed by atoms with Crippen LogP contribution in [0.4, 0.5) is 5.69 Å². The van der Waals surface area contributed by atoms with Crippen LogP contribution >= 0.6 is 23.2 Å². The standard InChI is InChI=1S/C23H28Cl2N2O4/c1-3-31-23(30)20(21(28)17-7-5-4-6-8-17)26-22(29)18-10-9-16(2)19(15-18)27(13-11-24)14-12-25/h4-10,15,20-21,28H,3,11-14H2,1-2H3,(H,26,29)/t20-,21+/m0/s1. The Balaban J connectivity index is 2.30. The minimum absolute atomic E-state index is 0.132. The summed E-state index contributed by atoms with van der Waals surface area (Å²) in [6.45, 7) is 4.90. The third kappa shape index (κ3) is 6.86. The number of nitrogens with zero attached hydrogens (tertiary/aromatic N) is 1. The van der Waals surface area contributed by atoms with Crippen molar-refractivity contribution in [2.75, 3.05) is 36.4 Å². The number of aryl methyl sites for hydroxylation is 1. The lowest BCUT2D eigenvalue weighted by Crippen LogP contribution is -2.46. The zero-order valence-corrected chi connectivity index (χ0v) is 19.2. The van der Waals surface area contributed by atoms with Crippen LogP contribution in [0.15, 0.2) is 48.5 Å². The Labute approximate surface area is 193 Å². The van der Waals surface area contributed by atoms with Gasteiger partial charge in [0.15, 0.2) is 6.04 Å². The lowest BCUT2D eigenvalue weighted by Gasteiger charge is -2.26. The lowest BCUT2D eigenvalue weighted by atomic mass is 10.0. The predicted octanol–water partition coefficient (Wildman–Crippen LogP) is 3.67. The Morgan fingerprint density at radius 3 is 2.32 bits per heavy atom. The summed E-state index contributed by atoms with van der Waals surface area (Å²) in [6.07, 6.45) is -1.25. The Bertz CT molecular complexity index is 858. The van der Waals surface area contributed by atoms with Gasteiger partial charge < -0.3 is 20.1 Å². The van der Waals surface area contributed by atoms with E-state index in [2.05, 4.69) is 5.32 Å². The van der Waals surface area contributed by atoms with Crippen LogP contribution in [0, 0.1) is 6.92 Å². The molecule has 6 nitrogen and oxygen atoms in total. The zero-order chi connectivity index (χ0) is 22.8. The second-order valence-electron chi connectivity index (χ2n) is 6.92. The largest absolute Gasteiger partial charge is 0.464 e. The number of ether oxygens (including phenoxy) is 1. The Morgan fingerprint density at radius 2 is 1.74 bits per heavy atom. The topological polar surface area (TPSA) is 78.9 Å². The maximum Gasteiger partial charge on any atom is 0.331 e. The molecule has 0 aliphatic heterocycles.